The summed E-state index contributed by atoms with van der Waals surface area (Å²) in [6.45, 7) is 4.10. The number of aromatic amines is 2. The highest BCUT2D eigenvalue weighted by atomic mass is 32.1. The van der Waals surface area contributed by atoms with Gasteiger partial charge in [0.25, 0.3) is 0 Å². The fraction of sp³-hybridized carbons (Fsp3) is 0.130. The second-order valence-electron chi connectivity index (χ2n) is 7.63. The molecular weight excluding hydrogens is 406 g/mol. The van der Waals surface area contributed by atoms with Gasteiger partial charge >= 0.3 is 0 Å². The van der Waals surface area contributed by atoms with Crippen molar-refractivity contribution in [2.75, 3.05) is 0 Å². The van der Waals surface area contributed by atoms with Crippen LogP contribution >= 0.6 is 11.3 Å². The molecule has 0 aliphatic rings. The van der Waals surface area contributed by atoms with E-state index in [0.29, 0.717) is 0 Å². The first-order valence-electron chi connectivity index (χ1n) is 9.97. The summed E-state index contributed by atoms with van der Waals surface area (Å²) in [7, 11) is 2.03. The Bertz CT molecular complexity index is 1580. The molecule has 0 bridgehead atoms. The molecule has 0 aliphatic heterocycles. The molecule has 0 atom stereocenters. The normalized spacial score (nSPS) is 11.7. The third-order valence-electron chi connectivity index (χ3n) is 5.68. The fourth-order valence-corrected chi connectivity index (χ4v) is 4.78. The van der Waals surface area contributed by atoms with E-state index >= 15 is 0 Å². The summed E-state index contributed by atoms with van der Waals surface area (Å²) in [6, 6.07) is 12.4. The highest BCUT2D eigenvalue weighted by molar-refractivity contribution is 7.15. The van der Waals surface area contributed by atoms with Gasteiger partial charge < -0.3 is 9.55 Å². The number of benzene rings is 1. The van der Waals surface area contributed by atoms with Gasteiger partial charge in [0.1, 0.15) is 22.7 Å². The first kappa shape index (κ1) is 18.0. The van der Waals surface area contributed by atoms with Crippen LogP contribution in [0.25, 0.3) is 55.3 Å². The highest BCUT2D eigenvalue weighted by Gasteiger charge is 2.17. The third-order valence-corrected chi connectivity index (χ3v) is 6.69. The maximum Gasteiger partial charge on any atom is 0.159 e. The molecule has 31 heavy (non-hydrogen) atoms. The Morgan fingerprint density at radius 3 is 2.65 bits per heavy atom. The monoisotopic (exact) mass is 425 g/mol. The topological polar surface area (TPSA) is 88.1 Å². The first-order chi connectivity index (χ1) is 15.1. The fourth-order valence-electron chi connectivity index (χ4n) is 3.91. The van der Waals surface area contributed by atoms with Gasteiger partial charge in [-0.15, -0.1) is 11.3 Å². The molecule has 0 spiro atoms. The number of nitrogens with one attached hydrogen (secondary N) is 2. The van der Waals surface area contributed by atoms with E-state index in [0.717, 1.165) is 61.1 Å². The molecule has 6 aromatic rings. The zero-order valence-electron chi connectivity index (χ0n) is 17.3. The van der Waals surface area contributed by atoms with Gasteiger partial charge in [-0.2, -0.15) is 5.10 Å². The number of thiophene rings is 1. The lowest BCUT2D eigenvalue weighted by Gasteiger charge is -2.04. The van der Waals surface area contributed by atoms with Gasteiger partial charge in [0.2, 0.25) is 0 Å². The standard InChI is InChI=1S/C23H19N7S/c1-12-4-7-19(31-12)22-21-17(8-9-24-22)26-23(27-21)20-15-10-14(5-6-16(15)28-29-20)18-11-25-13(2)30(18)3/h4-11H,1-3H3,(H,26,27)(H,28,29). The van der Waals surface area contributed by atoms with Crippen molar-refractivity contribution in [2.45, 2.75) is 13.8 Å². The summed E-state index contributed by atoms with van der Waals surface area (Å²) in [5, 5.41) is 8.71. The molecular formula is C23H19N7S. The van der Waals surface area contributed by atoms with Crippen molar-refractivity contribution in [3.05, 3.63) is 59.5 Å². The molecule has 0 amide bonds. The number of aromatic nitrogens is 7. The molecule has 1 aromatic carbocycles. The Labute approximate surface area is 181 Å². The first-order valence-corrected chi connectivity index (χ1v) is 10.8. The maximum atomic E-state index is 4.90. The lowest BCUT2D eigenvalue weighted by Crippen LogP contribution is -1.94. The number of imidazole rings is 2. The third kappa shape index (κ3) is 2.79. The molecule has 0 saturated heterocycles. The van der Waals surface area contributed by atoms with Crippen molar-refractivity contribution in [2.24, 2.45) is 7.05 Å². The number of pyridine rings is 1. The van der Waals surface area contributed by atoms with Gasteiger partial charge in [-0.1, -0.05) is 6.07 Å². The van der Waals surface area contributed by atoms with Crippen molar-refractivity contribution >= 4 is 33.3 Å². The largest absolute Gasteiger partial charge is 0.336 e. The predicted octanol–water partition coefficient (Wildman–Crippen LogP) is 5.25. The van der Waals surface area contributed by atoms with Crippen LogP contribution in [0.3, 0.4) is 0 Å². The maximum absolute atomic E-state index is 4.90. The van der Waals surface area contributed by atoms with Crippen molar-refractivity contribution < 1.29 is 0 Å². The van der Waals surface area contributed by atoms with E-state index in [9.17, 15) is 0 Å². The SMILES string of the molecule is Cc1ccc(-c2nccc3[nH]c(-c4n[nH]c5ccc(-c6cnc(C)n6C)cc45)nc23)s1. The Hall–Kier alpha value is -3.78. The molecule has 8 heteroatoms. The molecule has 5 heterocycles. The van der Waals surface area contributed by atoms with E-state index in [2.05, 4.69) is 60.9 Å². The minimum Gasteiger partial charge on any atom is -0.336 e. The summed E-state index contributed by atoms with van der Waals surface area (Å²) >= 11 is 1.72. The number of H-pyrrole nitrogens is 2. The Morgan fingerprint density at radius 1 is 0.968 bits per heavy atom. The molecule has 0 saturated carbocycles. The van der Waals surface area contributed by atoms with Crippen LogP contribution in [0.2, 0.25) is 0 Å². The predicted molar refractivity (Wildman–Crippen MR) is 124 cm³/mol. The quantitative estimate of drug-likeness (QED) is 0.405. The Kier molecular flexibility index (Phi) is 3.85. The smallest absolute Gasteiger partial charge is 0.159 e. The second kappa shape index (κ2) is 6.61. The molecule has 0 unspecified atom stereocenters. The van der Waals surface area contributed by atoms with E-state index in [1.165, 1.54) is 4.88 Å². The Morgan fingerprint density at radius 2 is 1.87 bits per heavy atom. The van der Waals surface area contributed by atoms with E-state index in [1.807, 2.05) is 38.5 Å². The number of hydrogen-bond donors (Lipinski definition) is 2. The van der Waals surface area contributed by atoms with Gasteiger partial charge in [-0.25, -0.2) is 9.97 Å². The molecule has 2 N–H and O–H groups in total. The van der Waals surface area contributed by atoms with Crippen LogP contribution in [-0.4, -0.2) is 34.7 Å². The summed E-state index contributed by atoms with van der Waals surface area (Å²) in [5.41, 5.74) is 6.60. The van der Waals surface area contributed by atoms with Crippen LogP contribution in [-0.2, 0) is 7.05 Å². The van der Waals surface area contributed by atoms with Crippen LogP contribution in [0.15, 0.2) is 48.8 Å². The van der Waals surface area contributed by atoms with Gasteiger partial charge in [0.05, 0.1) is 27.8 Å². The zero-order valence-corrected chi connectivity index (χ0v) is 18.1. The summed E-state index contributed by atoms with van der Waals surface area (Å²) in [4.78, 5) is 19.7. The number of nitrogens with zero attached hydrogens (tertiary/aromatic N) is 5. The van der Waals surface area contributed by atoms with Crippen LogP contribution in [0, 0.1) is 13.8 Å². The molecule has 7 nitrogen and oxygen atoms in total. The van der Waals surface area contributed by atoms with Gasteiger partial charge in [-0.05, 0) is 44.2 Å². The number of hydrogen-bond acceptors (Lipinski definition) is 5. The van der Waals surface area contributed by atoms with Crippen LogP contribution < -0.4 is 0 Å². The van der Waals surface area contributed by atoms with Crippen LogP contribution in [0.4, 0.5) is 0 Å². The summed E-state index contributed by atoms with van der Waals surface area (Å²) in [6.07, 6.45) is 3.72. The van der Waals surface area contributed by atoms with E-state index in [4.69, 9.17) is 4.98 Å². The number of aryl methyl sites for hydroxylation is 2. The van der Waals surface area contributed by atoms with Crippen molar-refractivity contribution in [3.8, 4) is 33.3 Å². The van der Waals surface area contributed by atoms with Gasteiger partial charge in [-0.3, -0.25) is 10.1 Å². The van der Waals surface area contributed by atoms with E-state index in [-0.39, 0.29) is 0 Å². The van der Waals surface area contributed by atoms with Crippen molar-refractivity contribution in [3.63, 3.8) is 0 Å². The van der Waals surface area contributed by atoms with Crippen molar-refractivity contribution in [1.29, 1.82) is 0 Å². The molecule has 0 radical (unpaired) electrons. The number of fused-ring (bicyclic) bond motifs is 2. The minimum absolute atomic E-state index is 0.724. The Balaban J connectivity index is 1.52. The summed E-state index contributed by atoms with van der Waals surface area (Å²) in [5.74, 6) is 1.70. The minimum atomic E-state index is 0.724. The molecule has 5 aromatic heterocycles. The average molecular weight is 426 g/mol. The second-order valence-corrected chi connectivity index (χ2v) is 8.92. The molecule has 6 rings (SSSR count). The van der Waals surface area contributed by atoms with Crippen LogP contribution in [0.5, 0.6) is 0 Å². The zero-order chi connectivity index (χ0) is 21.1. The highest BCUT2D eigenvalue weighted by Crippen LogP contribution is 2.34. The van der Waals surface area contributed by atoms with Crippen molar-refractivity contribution in [1.82, 2.24) is 34.7 Å². The van der Waals surface area contributed by atoms with Gasteiger partial charge in [0.15, 0.2) is 5.82 Å². The summed E-state index contributed by atoms with van der Waals surface area (Å²) < 4.78 is 2.09. The number of rotatable bonds is 3. The molecule has 0 aliphatic carbocycles. The van der Waals surface area contributed by atoms with E-state index < -0.39 is 0 Å². The molecule has 0 fully saturated rings. The molecule has 152 valence electrons. The average Bonchev–Trinajstić information content (AvgIpc) is 3.54. The van der Waals surface area contributed by atoms with E-state index in [1.54, 1.807) is 11.3 Å². The lowest BCUT2D eigenvalue weighted by molar-refractivity contribution is 0.865. The van der Waals surface area contributed by atoms with Crippen LogP contribution in [0.1, 0.15) is 10.7 Å². The lowest BCUT2D eigenvalue weighted by atomic mass is 10.1. The van der Waals surface area contributed by atoms with Gasteiger partial charge in [0, 0.05) is 29.1 Å².